The van der Waals surface area contributed by atoms with Crippen molar-refractivity contribution >= 4 is 22.0 Å². The van der Waals surface area contributed by atoms with Gasteiger partial charge in [-0.2, -0.15) is 4.31 Å². The van der Waals surface area contributed by atoms with E-state index in [1.807, 2.05) is 0 Å². The molecule has 0 aliphatic carbocycles. The third kappa shape index (κ3) is 3.58. The van der Waals surface area contributed by atoms with Gasteiger partial charge in [0.25, 0.3) is 0 Å². The summed E-state index contributed by atoms with van der Waals surface area (Å²) in [6.07, 6.45) is 1.60. The molecule has 0 aliphatic rings. The minimum Gasteiger partial charge on any atom is -0.480 e. The molecule has 1 aromatic heterocycles. The molecule has 20 heavy (non-hydrogen) atoms. The van der Waals surface area contributed by atoms with Crippen molar-refractivity contribution in [2.45, 2.75) is 18.2 Å². The highest BCUT2D eigenvalue weighted by Crippen LogP contribution is 2.17. The van der Waals surface area contributed by atoms with Crippen LogP contribution >= 0.6 is 0 Å². The fraction of sp³-hybridized carbons (Fsp3) is 0.455. The average molecular weight is 304 g/mol. The number of hydrogen-bond acceptors (Lipinski definition) is 5. The minimum absolute atomic E-state index is 0.0159. The Bertz CT molecular complexity index is 592. The lowest BCUT2D eigenvalue weighted by Crippen LogP contribution is -2.36. The zero-order chi connectivity index (χ0) is 15.3. The Morgan fingerprint density at radius 2 is 2.10 bits per heavy atom. The lowest BCUT2D eigenvalue weighted by Gasteiger charge is -2.18. The van der Waals surface area contributed by atoms with E-state index >= 15 is 0 Å². The van der Waals surface area contributed by atoms with Crippen LogP contribution in [0.2, 0.25) is 0 Å². The average Bonchev–Trinajstić information content (AvgIpc) is 2.87. The molecule has 8 nitrogen and oxygen atoms in total. The monoisotopic (exact) mass is 304 g/mol. The molecule has 0 fully saturated rings. The molecule has 112 valence electrons. The number of carbonyl (C=O) groups is 2. The van der Waals surface area contributed by atoms with E-state index in [2.05, 4.69) is 9.72 Å². The number of aromatic amines is 1. The van der Waals surface area contributed by atoms with Crippen LogP contribution in [0.5, 0.6) is 0 Å². The van der Waals surface area contributed by atoms with Crippen molar-refractivity contribution in [1.82, 2.24) is 9.29 Å². The maximum atomic E-state index is 12.3. The van der Waals surface area contributed by atoms with E-state index in [0.29, 0.717) is 6.42 Å². The minimum atomic E-state index is -3.97. The summed E-state index contributed by atoms with van der Waals surface area (Å²) in [5.74, 6) is -1.95. The zero-order valence-corrected chi connectivity index (χ0v) is 11.9. The first-order valence-electron chi connectivity index (χ1n) is 5.81. The molecule has 1 aromatic rings. The molecule has 0 unspecified atom stereocenters. The number of methoxy groups -OCH3 is 1. The fourth-order valence-corrected chi connectivity index (χ4v) is 3.06. The van der Waals surface area contributed by atoms with Gasteiger partial charge >= 0.3 is 11.9 Å². The second-order valence-corrected chi connectivity index (χ2v) is 5.91. The van der Waals surface area contributed by atoms with Crippen molar-refractivity contribution in [2.75, 3.05) is 20.2 Å². The molecule has 0 saturated heterocycles. The van der Waals surface area contributed by atoms with Gasteiger partial charge in [-0.25, -0.2) is 13.2 Å². The van der Waals surface area contributed by atoms with Gasteiger partial charge in [-0.1, -0.05) is 6.92 Å². The van der Waals surface area contributed by atoms with E-state index in [9.17, 15) is 18.0 Å². The lowest BCUT2D eigenvalue weighted by molar-refractivity contribution is -0.137. The number of H-pyrrole nitrogens is 1. The Morgan fingerprint density at radius 1 is 1.45 bits per heavy atom. The fourth-order valence-electron chi connectivity index (χ4n) is 1.58. The molecule has 1 heterocycles. The summed E-state index contributed by atoms with van der Waals surface area (Å²) >= 11 is 0. The number of nitrogens with zero attached hydrogens (tertiary/aromatic N) is 1. The van der Waals surface area contributed by atoms with Crippen LogP contribution in [0, 0.1) is 0 Å². The summed E-state index contributed by atoms with van der Waals surface area (Å²) in [6, 6.07) is 1.12. The highest BCUT2D eigenvalue weighted by molar-refractivity contribution is 7.89. The van der Waals surface area contributed by atoms with Crippen LogP contribution in [0.3, 0.4) is 0 Å². The number of ether oxygens (including phenoxy) is 1. The Hall–Kier alpha value is -1.87. The molecule has 9 heteroatoms. The molecular weight excluding hydrogens is 288 g/mol. The lowest BCUT2D eigenvalue weighted by atomic mass is 10.4. The number of rotatable bonds is 7. The quantitative estimate of drug-likeness (QED) is 0.699. The maximum absolute atomic E-state index is 12.3. The van der Waals surface area contributed by atoms with Crippen molar-refractivity contribution in [1.29, 1.82) is 0 Å². The predicted octanol–water partition coefficient (Wildman–Crippen LogP) is 0.287. The van der Waals surface area contributed by atoms with E-state index in [0.717, 1.165) is 16.6 Å². The van der Waals surface area contributed by atoms with Crippen molar-refractivity contribution in [3.05, 3.63) is 18.0 Å². The number of sulfonamides is 1. The van der Waals surface area contributed by atoms with Gasteiger partial charge < -0.3 is 14.8 Å². The number of carboxylic acid groups (broad SMARTS) is 1. The number of carbonyl (C=O) groups excluding carboxylic acids is 1. The predicted molar refractivity (Wildman–Crippen MR) is 68.8 cm³/mol. The van der Waals surface area contributed by atoms with E-state index in [1.165, 1.54) is 7.11 Å². The third-order valence-electron chi connectivity index (χ3n) is 2.48. The second kappa shape index (κ2) is 6.53. The molecule has 0 saturated carbocycles. The number of aromatic nitrogens is 1. The standard InChI is InChI=1S/C11H16N2O6S/c1-3-4-13(7-10(14)15)20(17,18)8-5-9(12-6-8)11(16)19-2/h5-6,12H,3-4,7H2,1-2H3,(H,14,15). The molecule has 2 N–H and O–H groups in total. The van der Waals surface area contributed by atoms with E-state index in [4.69, 9.17) is 5.11 Å². The van der Waals surface area contributed by atoms with Gasteiger partial charge in [0.2, 0.25) is 10.0 Å². The molecule has 0 amide bonds. The summed E-state index contributed by atoms with van der Waals surface area (Å²) < 4.78 is 29.9. The Kier molecular flexibility index (Phi) is 5.28. The number of nitrogens with one attached hydrogen (secondary N) is 1. The first-order chi connectivity index (χ1) is 9.32. The van der Waals surface area contributed by atoms with Gasteiger partial charge in [0, 0.05) is 12.7 Å². The van der Waals surface area contributed by atoms with Gasteiger partial charge in [0.15, 0.2) is 0 Å². The Balaban J connectivity index is 3.09. The number of esters is 1. The van der Waals surface area contributed by atoms with Crippen LogP contribution in [0.4, 0.5) is 0 Å². The normalized spacial score (nSPS) is 11.6. The van der Waals surface area contributed by atoms with Gasteiger partial charge in [-0.3, -0.25) is 4.79 Å². The van der Waals surface area contributed by atoms with Crippen LogP contribution in [0.25, 0.3) is 0 Å². The van der Waals surface area contributed by atoms with Crippen LogP contribution in [0.1, 0.15) is 23.8 Å². The number of hydrogen-bond donors (Lipinski definition) is 2. The van der Waals surface area contributed by atoms with Crippen molar-refractivity contribution in [3.8, 4) is 0 Å². The molecule has 0 aromatic carbocycles. The van der Waals surface area contributed by atoms with Gasteiger partial charge in [-0.05, 0) is 12.5 Å². The summed E-state index contributed by atoms with van der Waals surface area (Å²) in [4.78, 5) is 24.3. The maximum Gasteiger partial charge on any atom is 0.354 e. The second-order valence-electron chi connectivity index (χ2n) is 3.97. The van der Waals surface area contributed by atoms with Crippen LogP contribution in [-0.4, -0.2) is 55.0 Å². The molecule has 1 rings (SSSR count). The first-order valence-corrected chi connectivity index (χ1v) is 7.25. The van der Waals surface area contributed by atoms with Crippen molar-refractivity contribution in [3.63, 3.8) is 0 Å². The van der Waals surface area contributed by atoms with E-state index in [1.54, 1.807) is 6.92 Å². The van der Waals surface area contributed by atoms with Crippen LogP contribution in [-0.2, 0) is 19.6 Å². The summed E-state index contributed by atoms with van der Waals surface area (Å²) in [6.45, 7) is 1.18. The SMILES string of the molecule is CCCN(CC(=O)O)S(=O)(=O)c1c[nH]c(C(=O)OC)c1. The van der Waals surface area contributed by atoms with Crippen LogP contribution in [0.15, 0.2) is 17.2 Å². The molecule has 0 spiro atoms. The summed E-state index contributed by atoms with van der Waals surface area (Å²) in [5, 5.41) is 8.76. The molecule has 0 bridgehead atoms. The van der Waals surface area contributed by atoms with Gasteiger partial charge in [-0.15, -0.1) is 0 Å². The largest absolute Gasteiger partial charge is 0.480 e. The first kappa shape index (κ1) is 16.2. The number of carboxylic acids is 1. The molecular formula is C11H16N2O6S. The topological polar surface area (TPSA) is 117 Å². The highest BCUT2D eigenvalue weighted by Gasteiger charge is 2.27. The van der Waals surface area contributed by atoms with Crippen LogP contribution < -0.4 is 0 Å². The van der Waals surface area contributed by atoms with Gasteiger partial charge in [0.1, 0.15) is 17.1 Å². The van der Waals surface area contributed by atoms with E-state index < -0.39 is 28.5 Å². The number of aliphatic carboxylic acids is 1. The zero-order valence-electron chi connectivity index (χ0n) is 11.1. The third-order valence-corrected chi connectivity index (χ3v) is 4.31. The van der Waals surface area contributed by atoms with Gasteiger partial charge in [0.05, 0.1) is 7.11 Å². The molecule has 0 radical (unpaired) electrons. The Morgan fingerprint density at radius 3 is 2.60 bits per heavy atom. The summed E-state index contributed by atoms with van der Waals surface area (Å²) in [7, 11) is -2.79. The van der Waals surface area contributed by atoms with Crippen molar-refractivity contribution in [2.24, 2.45) is 0 Å². The van der Waals surface area contributed by atoms with Crippen molar-refractivity contribution < 1.29 is 27.9 Å². The Labute approximate surface area is 116 Å². The summed E-state index contributed by atoms with van der Waals surface area (Å²) in [5.41, 5.74) is -0.0159. The highest BCUT2D eigenvalue weighted by atomic mass is 32.2. The molecule has 0 atom stereocenters. The molecule has 0 aliphatic heterocycles. The smallest absolute Gasteiger partial charge is 0.354 e. The van der Waals surface area contributed by atoms with E-state index in [-0.39, 0.29) is 17.1 Å².